The van der Waals surface area contributed by atoms with Crippen LogP contribution in [0.25, 0.3) is 11.1 Å². The molecule has 3 aromatic rings. The van der Waals surface area contributed by atoms with Crippen molar-refractivity contribution in [3.63, 3.8) is 0 Å². The zero-order chi connectivity index (χ0) is 20.6. The van der Waals surface area contributed by atoms with Gasteiger partial charge in [0.15, 0.2) is 0 Å². The molecule has 1 unspecified atom stereocenters. The summed E-state index contributed by atoms with van der Waals surface area (Å²) in [5.74, 6) is -0.117. The predicted molar refractivity (Wildman–Crippen MR) is 107 cm³/mol. The molecule has 1 fully saturated rings. The molecule has 3 nitrogen and oxygen atoms in total. The van der Waals surface area contributed by atoms with Crippen LogP contribution in [-0.2, 0) is 6.18 Å². The van der Waals surface area contributed by atoms with Crippen molar-refractivity contribution in [2.75, 3.05) is 6.54 Å². The number of aryl methyl sites for hydroxylation is 1. The Bertz CT molecular complexity index is 1040. The van der Waals surface area contributed by atoms with E-state index in [1.165, 1.54) is 6.07 Å². The number of likely N-dealkylation sites (tertiary alicyclic amines) is 1. The van der Waals surface area contributed by atoms with Gasteiger partial charge in [0.25, 0.3) is 5.91 Å². The van der Waals surface area contributed by atoms with E-state index < -0.39 is 11.7 Å². The van der Waals surface area contributed by atoms with Crippen LogP contribution in [0, 0.1) is 6.92 Å². The van der Waals surface area contributed by atoms with E-state index in [1.807, 2.05) is 17.2 Å². The summed E-state index contributed by atoms with van der Waals surface area (Å²) in [5.41, 5.74) is 1.73. The van der Waals surface area contributed by atoms with Crippen LogP contribution in [0.1, 0.15) is 45.5 Å². The maximum Gasteiger partial charge on any atom is 0.416 e. The monoisotopic (exact) mass is 416 g/mol. The minimum absolute atomic E-state index is 0.0431. The van der Waals surface area contributed by atoms with Gasteiger partial charge >= 0.3 is 6.18 Å². The number of halogens is 3. The maximum absolute atomic E-state index is 13.2. The Labute approximate surface area is 170 Å². The van der Waals surface area contributed by atoms with Crippen LogP contribution in [0.5, 0.6) is 0 Å². The molecular formula is C22H19F3N2OS. The number of nitrogens with zero attached hydrogens (tertiary/aromatic N) is 2. The molecule has 4 rings (SSSR count). The standard InChI is InChI=1S/C22H19F3N2OS/c1-14-13-29-20(26-14)19-9-4-10-27(19)21(28)17-7-2-5-15(11-17)16-6-3-8-18(12-16)22(23,24)25/h2-3,5-8,11-13,19H,4,9-10H2,1H3. The summed E-state index contributed by atoms with van der Waals surface area (Å²) in [4.78, 5) is 19.5. The van der Waals surface area contributed by atoms with Gasteiger partial charge in [-0.05, 0) is 55.2 Å². The molecule has 150 valence electrons. The molecule has 1 aromatic heterocycles. The second-order valence-corrected chi connectivity index (χ2v) is 8.03. The summed E-state index contributed by atoms with van der Waals surface area (Å²) in [6, 6.07) is 11.9. The van der Waals surface area contributed by atoms with Crippen molar-refractivity contribution in [2.24, 2.45) is 0 Å². The summed E-state index contributed by atoms with van der Waals surface area (Å²) in [6.07, 6.45) is -2.63. The molecule has 1 atom stereocenters. The second-order valence-electron chi connectivity index (χ2n) is 7.14. The summed E-state index contributed by atoms with van der Waals surface area (Å²) < 4.78 is 39.1. The molecule has 0 aliphatic carbocycles. The van der Waals surface area contributed by atoms with Gasteiger partial charge in [0, 0.05) is 23.2 Å². The average molecular weight is 416 g/mol. The Morgan fingerprint density at radius 1 is 1.14 bits per heavy atom. The van der Waals surface area contributed by atoms with E-state index in [9.17, 15) is 18.0 Å². The van der Waals surface area contributed by atoms with Gasteiger partial charge in [-0.25, -0.2) is 4.98 Å². The van der Waals surface area contributed by atoms with E-state index in [-0.39, 0.29) is 11.9 Å². The largest absolute Gasteiger partial charge is 0.416 e. The number of carbonyl (C=O) groups excluding carboxylic acids is 1. The topological polar surface area (TPSA) is 33.2 Å². The Balaban J connectivity index is 1.63. The minimum atomic E-state index is -4.40. The number of thiazole rings is 1. The molecule has 1 aliphatic rings. The summed E-state index contributed by atoms with van der Waals surface area (Å²) in [5, 5.41) is 2.91. The van der Waals surface area contributed by atoms with Gasteiger partial charge in [-0.3, -0.25) is 4.79 Å². The predicted octanol–water partition coefficient (Wildman–Crippen LogP) is 6.11. The van der Waals surface area contributed by atoms with Gasteiger partial charge in [-0.1, -0.05) is 24.3 Å². The number of hydrogen-bond acceptors (Lipinski definition) is 3. The number of aromatic nitrogens is 1. The third-order valence-electron chi connectivity index (χ3n) is 5.07. The van der Waals surface area contributed by atoms with Gasteiger partial charge in [0.05, 0.1) is 11.6 Å². The highest BCUT2D eigenvalue weighted by Gasteiger charge is 2.33. The lowest BCUT2D eigenvalue weighted by atomic mass is 10.0. The molecule has 7 heteroatoms. The first-order chi connectivity index (χ1) is 13.8. The molecule has 1 aliphatic heterocycles. The normalized spacial score (nSPS) is 17.0. The van der Waals surface area contributed by atoms with Crippen LogP contribution in [0.3, 0.4) is 0 Å². The van der Waals surface area contributed by atoms with Crippen LogP contribution >= 0.6 is 11.3 Å². The lowest BCUT2D eigenvalue weighted by molar-refractivity contribution is -0.137. The van der Waals surface area contributed by atoms with Crippen LogP contribution in [0.15, 0.2) is 53.9 Å². The van der Waals surface area contributed by atoms with Crippen molar-refractivity contribution in [3.05, 3.63) is 75.7 Å². The number of alkyl halides is 3. The molecular weight excluding hydrogens is 397 g/mol. The SMILES string of the molecule is Cc1csc(C2CCCN2C(=O)c2cccc(-c3cccc(C(F)(F)F)c3)c2)n1. The number of hydrogen-bond donors (Lipinski definition) is 0. The maximum atomic E-state index is 13.2. The van der Waals surface area contributed by atoms with E-state index in [1.54, 1.807) is 41.7 Å². The van der Waals surface area contributed by atoms with E-state index in [0.717, 1.165) is 35.7 Å². The first kappa shape index (κ1) is 19.6. The number of benzene rings is 2. The molecule has 2 aromatic carbocycles. The van der Waals surface area contributed by atoms with Crippen LogP contribution in [0.4, 0.5) is 13.2 Å². The number of rotatable bonds is 3. The van der Waals surface area contributed by atoms with Gasteiger partial charge in [-0.2, -0.15) is 13.2 Å². The zero-order valence-electron chi connectivity index (χ0n) is 15.7. The smallest absolute Gasteiger partial charge is 0.329 e. The highest BCUT2D eigenvalue weighted by Crippen LogP contribution is 2.36. The van der Waals surface area contributed by atoms with Crippen molar-refractivity contribution in [1.82, 2.24) is 9.88 Å². The van der Waals surface area contributed by atoms with Gasteiger partial charge in [-0.15, -0.1) is 11.3 Å². The summed E-state index contributed by atoms with van der Waals surface area (Å²) in [6.45, 7) is 2.58. The zero-order valence-corrected chi connectivity index (χ0v) is 16.6. The van der Waals surface area contributed by atoms with Crippen LogP contribution in [0.2, 0.25) is 0 Å². The highest BCUT2D eigenvalue weighted by atomic mass is 32.1. The molecule has 29 heavy (non-hydrogen) atoms. The van der Waals surface area contributed by atoms with E-state index in [0.29, 0.717) is 23.2 Å². The number of amides is 1. The quantitative estimate of drug-likeness (QED) is 0.516. The molecule has 0 radical (unpaired) electrons. The third-order valence-corrected chi connectivity index (χ3v) is 6.13. The van der Waals surface area contributed by atoms with Gasteiger partial charge in [0.1, 0.15) is 5.01 Å². The lowest BCUT2D eigenvalue weighted by Crippen LogP contribution is -2.30. The van der Waals surface area contributed by atoms with E-state index in [2.05, 4.69) is 4.98 Å². The van der Waals surface area contributed by atoms with Crippen LogP contribution in [-0.4, -0.2) is 22.3 Å². The average Bonchev–Trinajstić information content (AvgIpc) is 3.36. The Morgan fingerprint density at radius 3 is 2.55 bits per heavy atom. The Morgan fingerprint density at radius 2 is 1.86 bits per heavy atom. The number of carbonyl (C=O) groups is 1. The molecule has 0 bridgehead atoms. The van der Waals surface area contributed by atoms with E-state index >= 15 is 0 Å². The molecule has 0 spiro atoms. The van der Waals surface area contributed by atoms with Crippen molar-refractivity contribution in [1.29, 1.82) is 0 Å². The van der Waals surface area contributed by atoms with Crippen molar-refractivity contribution in [3.8, 4) is 11.1 Å². The minimum Gasteiger partial charge on any atom is -0.329 e. The van der Waals surface area contributed by atoms with Crippen LogP contribution < -0.4 is 0 Å². The lowest BCUT2D eigenvalue weighted by Gasteiger charge is -2.23. The van der Waals surface area contributed by atoms with Crippen molar-refractivity contribution >= 4 is 17.2 Å². The molecule has 2 heterocycles. The van der Waals surface area contributed by atoms with Crippen molar-refractivity contribution in [2.45, 2.75) is 32.0 Å². The third kappa shape index (κ3) is 4.05. The first-order valence-corrected chi connectivity index (χ1v) is 10.2. The Kier molecular flexibility index (Phi) is 5.17. The summed E-state index contributed by atoms with van der Waals surface area (Å²) in [7, 11) is 0. The fourth-order valence-corrected chi connectivity index (χ4v) is 4.61. The molecule has 1 saturated heterocycles. The molecule has 0 saturated carbocycles. The Hall–Kier alpha value is -2.67. The van der Waals surface area contributed by atoms with Crippen molar-refractivity contribution < 1.29 is 18.0 Å². The summed E-state index contributed by atoms with van der Waals surface area (Å²) >= 11 is 1.56. The van der Waals surface area contributed by atoms with Gasteiger partial charge in [0.2, 0.25) is 0 Å². The first-order valence-electron chi connectivity index (χ1n) is 9.33. The fraction of sp³-hybridized carbons (Fsp3) is 0.273. The van der Waals surface area contributed by atoms with Gasteiger partial charge < -0.3 is 4.90 Å². The highest BCUT2D eigenvalue weighted by molar-refractivity contribution is 7.09. The fourth-order valence-electron chi connectivity index (χ4n) is 3.66. The molecule has 0 N–H and O–H groups in total. The molecule has 1 amide bonds. The second kappa shape index (κ2) is 7.63. The van der Waals surface area contributed by atoms with E-state index in [4.69, 9.17) is 0 Å².